The molecule has 1 N–H and O–H groups in total. The van der Waals surface area contributed by atoms with Gasteiger partial charge in [-0.25, -0.2) is 4.79 Å². The number of hydrogen-bond donors (Lipinski definition) is 1. The Morgan fingerprint density at radius 1 is 1.00 bits per heavy atom. The minimum atomic E-state index is -0.582. The molecule has 1 aliphatic rings. The minimum Gasteiger partial charge on any atom is -0.465 e. The van der Waals surface area contributed by atoms with Crippen LogP contribution in [0.5, 0.6) is 11.5 Å². The van der Waals surface area contributed by atoms with Gasteiger partial charge in [-0.1, -0.05) is 12.1 Å². The van der Waals surface area contributed by atoms with Crippen molar-refractivity contribution in [3.63, 3.8) is 0 Å². The number of hydrogen-bond acceptors (Lipinski definition) is 7. The van der Waals surface area contributed by atoms with Crippen molar-refractivity contribution in [2.75, 3.05) is 20.4 Å². The van der Waals surface area contributed by atoms with Gasteiger partial charge in [0.25, 0.3) is 5.91 Å². The van der Waals surface area contributed by atoms with E-state index in [1.54, 1.807) is 42.5 Å². The van der Waals surface area contributed by atoms with Crippen LogP contribution < -0.4 is 14.8 Å². The van der Waals surface area contributed by atoms with Gasteiger partial charge in [0, 0.05) is 5.56 Å². The highest BCUT2D eigenvalue weighted by Gasteiger charge is 2.16. The van der Waals surface area contributed by atoms with Gasteiger partial charge in [-0.3, -0.25) is 9.59 Å². The van der Waals surface area contributed by atoms with Crippen LogP contribution in [0.4, 0.5) is 0 Å². The third-order valence-electron chi connectivity index (χ3n) is 3.80. The first-order chi connectivity index (χ1) is 13.1. The van der Waals surface area contributed by atoms with Crippen LogP contribution in [0.15, 0.2) is 42.5 Å². The average molecular weight is 371 g/mol. The molecule has 8 nitrogen and oxygen atoms in total. The Hall–Kier alpha value is -3.55. The largest absolute Gasteiger partial charge is 0.465 e. The first kappa shape index (κ1) is 18.2. The number of amides is 1. The number of carbonyl (C=O) groups excluding carboxylic acids is 3. The van der Waals surface area contributed by atoms with Gasteiger partial charge in [0.2, 0.25) is 6.79 Å². The summed E-state index contributed by atoms with van der Waals surface area (Å²) in [6, 6.07) is 11.2. The fraction of sp³-hybridized carbons (Fsp3) is 0.211. The van der Waals surface area contributed by atoms with E-state index in [1.807, 2.05) is 0 Å². The van der Waals surface area contributed by atoms with Crippen LogP contribution in [0.1, 0.15) is 26.3 Å². The summed E-state index contributed by atoms with van der Waals surface area (Å²) in [7, 11) is 1.30. The second kappa shape index (κ2) is 8.22. The van der Waals surface area contributed by atoms with Gasteiger partial charge in [-0.05, 0) is 35.9 Å². The fourth-order valence-corrected chi connectivity index (χ4v) is 2.36. The molecule has 2 aromatic carbocycles. The third kappa shape index (κ3) is 4.55. The summed E-state index contributed by atoms with van der Waals surface area (Å²) in [5.41, 5.74) is 1.46. The van der Waals surface area contributed by atoms with E-state index in [9.17, 15) is 14.4 Å². The smallest absolute Gasteiger partial charge is 0.337 e. The van der Waals surface area contributed by atoms with E-state index in [1.165, 1.54) is 7.11 Å². The van der Waals surface area contributed by atoms with E-state index in [0.717, 1.165) is 0 Å². The van der Waals surface area contributed by atoms with Crippen molar-refractivity contribution in [3.05, 3.63) is 59.2 Å². The standard InChI is InChI=1S/C19H17NO7/c1-24-19(23)13-4-2-12(3-5-13)10-25-17(21)9-20-18(22)14-6-7-15-16(8-14)27-11-26-15/h2-8H,9-11H2,1H3,(H,20,22). The normalized spacial score (nSPS) is 11.6. The molecule has 1 amide bonds. The van der Waals surface area contributed by atoms with E-state index in [-0.39, 0.29) is 19.9 Å². The number of fused-ring (bicyclic) bond motifs is 1. The van der Waals surface area contributed by atoms with Crippen molar-refractivity contribution in [2.45, 2.75) is 6.61 Å². The Kier molecular flexibility index (Phi) is 5.55. The second-order valence-electron chi connectivity index (χ2n) is 5.60. The lowest BCUT2D eigenvalue weighted by Crippen LogP contribution is -2.30. The number of nitrogens with one attached hydrogen (secondary N) is 1. The lowest BCUT2D eigenvalue weighted by molar-refractivity contribution is -0.143. The molecule has 0 radical (unpaired) electrons. The quantitative estimate of drug-likeness (QED) is 0.771. The zero-order chi connectivity index (χ0) is 19.2. The predicted octanol–water partition coefficient (Wildman–Crippen LogP) is 1.68. The summed E-state index contributed by atoms with van der Waals surface area (Å²) >= 11 is 0. The van der Waals surface area contributed by atoms with Crippen LogP contribution in [-0.2, 0) is 20.9 Å². The summed E-state index contributed by atoms with van der Waals surface area (Å²) in [5, 5.41) is 2.49. The Labute approximate surface area is 155 Å². The number of esters is 2. The molecule has 140 valence electrons. The highest BCUT2D eigenvalue weighted by atomic mass is 16.7. The van der Waals surface area contributed by atoms with Crippen LogP contribution in [-0.4, -0.2) is 38.3 Å². The maximum atomic E-state index is 12.1. The average Bonchev–Trinajstić information content (AvgIpc) is 3.18. The molecule has 1 aliphatic heterocycles. The molecule has 8 heteroatoms. The molecule has 0 spiro atoms. The van der Waals surface area contributed by atoms with Gasteiger partial charge >= 0.3 is 11.9 Å². The molecule has 0 saturated heterocycles. The SMILES string of the molecule is COC(=O)c1ccc(COC(=O)CNC(=O)c2ccc3c(c2)OCO3)cc1. The highest BCUT2D eigenvalue weighted by molar-refractivity contribution is 5.96. The van der Waals surface area contributed by atoms with Crippen molar-refractivity contribution in [1.82, 2.24) is 5.32 Å². The van der Waals surface area contributed by atoms with Crippen molar-refractivity contribution in [1.29, 1.82) is 0 Å². The molecule has 1 heterocycles. The lowest BCUT2D eigenvalue weighted by atomic mass is 10.1. The van der Waals surface area contributed by atoms with E-state index in [2.05, 4.69) is 10.1 Å². The van der Waals surface area contributed by atoms with Gasteiger partial charge in [-0.2, -0.15) is 0 Å². The van der Waals surface area contributed by atoms with Crippen LogP contribution in [0, 0.1) is 0 Å². The second-order valence-corrected chi connectivity index (χ2v) is 5.60. The molecule has 27 heavy (non-hydrogen) atoms. The first-order valence-electron chi connectivity index (χ1n) is 8.07. The molecular formula is C19H17NO7. The van der Waals surface area contributed by atoms with Crippen LogP contribution in [0.2, 0.25) is 0 Å². The van der Waals surface area contributed by atoms with Gasteiger partial charge in [0.1, 0.15) is 13.2 Å². The highest BCUT2D eigenvalue weighted by Crippen LogP contribution is 2.32. The van der Waals surface area contributed by atoms with Crippen LogP contribution >= 0.6 is 0 Å². The number of ether oxygens (including phenoxy) is 4. The molecule has 3 rings (SSSR count). The van der Waals surface area contributed by atoms with Gasteiger partial charge in [0.05, 0.1) is 12.7 Å². The summed E-state index contributed by atoms with van der Waals surface area (Å²) in [4.78, 5) is 35.3. The Morgan fingerprint density at radius 3 is 2.44 bits per heavy atom. The Balaban J connectivity index is 1.45. The molecule has 0 unspecified atom stereocenters. The maximum absolute atomic E-state index is 12.1. The summed E-state index contributed by atoms with van der Waals surface area (Å²) in [5.74, 6) is -0.386. The monoisotopic (exact) mass is 371 g/mol. The number of methoxy groups -OCH3 is 1. The number of benzene rings is 2. The van der Waals surface area contributed by atoms with Crippen molar-refractivity contribution in [3.8, 4) is 11.5 Å². The zero-order valence-electron chi connectivity index (χ0n) is 14.5. The van der Waals surface area contributed by atoms with E-state index in [4.69, 9.17) is 14.2 Å². The molecular weight excluding hydrogens is 354 g/mol. The molecule has 0 aliphatic carbocycles. The predicted molar refractivity (Wildman–Crippen MR) is 92.5 cm³/mol. The van der Waals surface area contributed by atoms with Crippen molar-refractivity contribution < 1.29 is 33.3 Å². The number of rotatable bonds is 6. The van der Waals surface area contributed by atoms with Crippen molar-refractivity contribution >= 4 is 17.8 Å². The van der Waals surface area contributed by atoms with Gasteiger partial charge in [-0.15, -0.1) is 0 Å². The van der Waals surface area contributed by atoms with Crippen molar-refractivity contribution in [2.24, 2.45) is 0 Å². The maximum Gasteiger partial charge on any atom is 0.337 e. The Morgan fingerprint density at radius 2 is 1.70 bits per heavy atom. The number of carbonyl (C=O) groups is 3. The Bertz CT molecular complexity index is 861. The van der Waals surface area contributed by atoms with Crippen LogP contribution in [0.3, 0.4) is 0 Å². The fourth-order valence-electron chi connectivity index (χ4n) is 2.36. The third-order valence-corrected chi connectivity index (χ3v) is 3.80. The lowest BCUT2D eigenvalue weighted by Gasteiger charge is -2.08. The first-order valence-corrected chi connectivity index (χ1v) is 8.07. The molecule has 2 aromatic rings. The molecule has 0 fully saturated rings. The minimum absolute atomic E-state index is 0.0280. The van der Waals surface area contributed by atoms with Crippen LogP contribution in [0.25, 0.3) is 0 Å². The molecule has 0 bridgehead atoms. The van der Waals surface area contributed by atoms with E-state index in [0.29, 0.717) is 28.2 Å². The topological polar surface area (TPSA) is 100 Å². The molecule has 0 saturated carbocycles. The van der Waals surface area contributed by atoms with Gasteiger partial charge in [0.15, 0.2) is 11.5 Å². The molecule has 0 aromatic heterocycles. The van der Waals surface area contributed by atoms with Gasteiger partial charge < -0.3 is 24.3 Å². The van der Waals surface area contributed by atoms with E-state index < -0.39 is 17.8 Å². The summed E-state index contributed by atoms with van der Waals surface area (Å²) in [6.07, 6.45) is 0. The summed E-state index contributed by atoms with van der Waals surface area (Å²) in [6.45, 7) is -0.124. The molecule has 0 atom stereocenters. The van der Waals surface area contributed by atoms with E-state index >= 15 is 0 Å². The zero-order valence-corrected chi connectivity index (χ0v) is 14.5. The summed E-state index contributed by atoms with van der Waals surface area (Å²) < 4.78 is 20.1.